The Balaban J connectivity index is 2.08. The average Bonchev–Trinajstić information content (AvgIpc) is 2.37. The zero-order chi connectivity index (χ0) is 13.8. The molecule has 0 unspecified atom stereocenters. The van der Waals surface area contributed by atoms with E-state index in [-0.39, 0.29) is 18.2 Å². The number of benzene rings is 2. The molecule has 0 bridgehead atoms. The number of rotatable bonds is 3. The van der Waals surface area contributed by atoms with Crippen LogP contribution in [-0.2, 0) is 6.54 Å². The topological polar surface area (TPSA) is 49.3 Å². The SMILES string of the molecule is O=C(NCc1ccccc1O)c1ccc(Cl)cc1Cl. The molecule has 0 saturated carbocycles. The van der Waals surface area contributed by atoms with Crippen LogP contribution >= 0.6 is 23.2 Å². The Morgan fingerprint density at radius 3 is 2.58 bits per heavy atom. The summed E-state index contributed by atoms with van der Waals surface area (Å²) in [6.07, 6.45) is 0. The van der Waals surface area contributed by atoms with Crippen molar-refractivity contribution in [3.05, 3.63) is 63.6 Å². The predicted octanol–water partition coefficient (Wildman–Crippen LogP) is 3.63. The second kappa shape index (κ2) is 5.95. The maximum atomic E-state index is 11.9. The van der Waals surface area contributed by atoms with Crippen molar-refractivity contribution in [2.45, 2.75) is 6.54 Å². The lowest BCUT2D eigenvalue weighted by atomic mass is 10.2. The highest BCUT2D eigenvalue weighted by Gasteiger charge is 2.11. The van der Waals surface area contributed by atoms with Crippen LogP contribution < -0.4 is 5.32 Å². The van der Waals surface area contributed by atoms with Gasteiger partial charge in [-0.1, -0.05) is 41.4 Å². The third-order valence-electron chi connectivity index (χ3n) is 2.61. The third kappa shape index (κ3) is 3.40. The zero-order valence-corrected chi connectivity index (χ0v) is 11.4. The summed E-state index contributed by atoms with van der Waals surface area (Å²) in [5, 5.41) is 13.0. The van der Waals surface area contributed by atoms with E-state index in [9.17, 15) is 9.90 Å². The van der Waals surface area contributed by atoms with Crippen molar-refractivity contribution in [1.82, 2.24) is 5.32 Å². The van der Waals surface area contributed by atoms with Crippen LogP contribution in [0.4, 0.5) is 0 Å². The molecule has 0 saturated heterocycles. The van der Waals surface area contributed by atoms with Gasteiger partial charge >= 0.3 is 0 Å². The van der Waals surface area contributed by atoms with Crippen molar-refractivity contribution in [3.63, 3.8) is 0 Å². The van der Waals surface area contributed by atoms with Crippen molar-refractivity contribution < 1.29 is 9.90 Å². The van der Waals surface area contributed by atoms with Gasteiger partial charge in [0, 0.05) is 17.1 Å². The first-order valence-corrected chi connectivity index (χ1v) is 6.33. The highest BCUT2D eigenvalue weighted by Crippen LogP contribution is 2.21. The molecule has 0 radical (unpaired) electrons. The molecule has 2 rings (SSSR count). The summed E-state index contributed by atoms with van der Waals surface area (Å²) in [4.78, 5) is 11.9. The third-order valence-corrected chi connectivity index (χ3v) is 3.15. The van der Waals surface area contributed by atoms with Gasteiger partial charge in [-0.25, -0.2) is 0 Å². The van der Waals surface area contributed by atoms with Gasteiger partial charge in [0.2, 0.25) is 0 Å². The minimum atomic E-state index is -0.315. The summed E-state index contributed by atoms with van der Waals surface area (Å²) < 4.78 is 0. The molecule has 19 heavy (non-hydrogen) atoms. The summed E-state index contributed by atoms with van der Waals surface area (Å²) in [7, 11) is 0. The number of aromatic hydroxyl groups is 1. The normalized spacial score (nSPS) is 10.2. The highest BCUT2D eigenvalue weighted by molar-refractivity contribution is 6.36. The van der Waals surface area contributed by atoms with Gasteiger partial charge in [0.25, 0.3) is 5.91 Å². The molecule has 0 spiro atoms. The average molecular weight is 296 g/mol. The second-order valence-electron chi connectivity index (χ2n) is 3.94. The van der Waals surface area contributed by atoms with Gasteiger partial charge in [0.15, 0.2) is 0 Å². The van der Waals surface area contributed by atoms with E-state index in [0.29, 0.717) is 21.2 Å². The molecule has 5 heteroatoms. The smallest absolute Gasteiger partial charge is 0.253 e. The number of amides is 1. The summed E-state index contributed by atoms with van der Waals surface area (Å²) in [6, 6.07) is 11.5. The lowest BCUT2D eigenvalue weighted by Gasteiger charge is -2.08. The fourth-order valence-electron chi connectivity index (χ4n) is 1.60. The minimum absolute atomic E-state index is 0.144. The molecular formula is C14H11Cl2NO2. The van der Waals surface area contributed by atoms with Gasteiger partial charge in [-0.05, 0) is 24.3 Å². The number of carbonyl (C=O) groups excluding carboxylic acids is 1. The van der Waals surface area contributed by atoms with Crippen LogP contribution in [0.5, 0.6) is 5.75 Å². The molecule has 2 aromatic rings. The van der Waals surface area contributed by atoms with Gasteiger partial charge < -0.3 is 10.4 Å². The van der Waals surface area contributed by atoms with E-state index in [1.54, 1.807) is 36.4 Å². The Labute approximate surface area is 120 Å². The molecular weight excluding hydrogens is 285 g/mol. The van der Waals surface area contributed by atoms with E-state index in [2.05, 4.69) is 5.32 Å². The molecule has 3 nitrogen and oxygen atoms in total. The van der Waals surface area contributed by atoms with Gasteiger partial charge in [0.1, 0.15) is 5.75 Å². The molecule has 98 valence electrons. The summed E-state index contributed by atoms with van der Waals surface area (Å²) in [5.41, 5.74) is 0.988. The largest absolute Gasteiger partial charge is 0.508 e. The number of hydrogen-bond acceptors (Lipinski definition) is 2. The lowest BCUT2D eigenvalue weighted by Crippen LogP contribution is -2.23. The fraction of sp³-hybridized carbons (Fsp3) is 0.0714. The maximum Gasteiger partial charge on any atom is 0.253 e. The van der Waals surface area contributed by atoms with E-state index < -0.39 is 0 Å². The molecule has 0 heterocycles. The second-order valence-corrected chi connectivity index (χ2v) is 4.78. The summed E-state index contributed by atoms with van der Waals surface area (Å²) in [6.45, 7) is 0.227. The Bertz CT molecular complexity index is 614. The van der Waals surface area contributed by atoms with Crippen molar-refractivity contribution >= 4 is 29.1 Å². The van der Waals surface area contributed by atoms with Gasteiger partial charge in [0.05, 0.1) is 10.6 Å². The number of phenolic OH excluding ortho intramolecular Hbond substituents is 1. The maximum absolute atomic E-state index is 11.9. The van der Waals surface area contributed by atoms with E-state index in [1.165, 1.54) is 6.07 Å². The Kier molecular flexibility index (Phi) is 4.30. The van der Waals surface area contributed by atoms with Crippen LogP contribution in [0.3, 0.4) is 0 Å². The predicted molar refractivity (Wildman–Crippen MR) is 75.7 cm³/mol. The highest BCUT2D eigenvalue weighted by atomic mass is 35.5. The Morgan fingerprint density at radius 1 is 1.16 bits per heavy atom. The lowest BCUT2D eigenvalue weighted by molar-refractivity contribution is 0.0951. The number of para-hydroxylation sites is 1. The van der Waals surface area contributed by atoms with Gasteiger partial charge in [-0.3, -0.25) is 4.79 Å². The van der Waals surface area contributed by atoms with Crippen molar-refractivity contribution in [2.24, 2.45) is 0 Å². The molecule has 2 aromatic carbocycles. The molecule has 0 atom stereocenters. The molecule has 0 aromatic heterocycles. The quantitative estimate of drug-likeness (QED) is 0.908. The van der Waals surface area contributed by atoms with Crippen LogP contribution in [0.15, 0.2) is 42.5 Å². The first-order chi connectivity index (χ1) is 9.08. The number of phenols is 1. The van der Waals surface area contributed by atoms with E-state index in [0.717, 1.165) is 0 Å². The van der Waals surface area contributed by atoms with Crippen LogP contribution in [0.1, 0.15) is 15.9 Å². The minimum Gasteiger partial charge on any atom is -0.508 e. The Morgan fingerprint density at radius 2 is 1.89 bits per heavy atom. The van der Waals surface area contributed by atoms with Crippen molar-refractivity contribution in [2.75, 3.05) is 0 Å². The standard InChI is InChI=1S/C14H11Cl2NO2/c15-10-5-6-11(12(16)7-10)14(19)17-8-9-3-1-2-4-13(9)18/h1-7,18H,8H2,(H,17,19). The summed E-state index contributed by atoms with van der Waals surface area (Å²) >= 11 is 11.7. The molecule has 0 aliphatic rings. The van der Waals surface area contributed by atoms with Crippen molar-refractivity contribution in [3.8, 4) is 5.75 Å². The Hall–Kier alpha value is -1.71. The fourth-order valence-corrected chi connectivity index (χ4v) is 2.10. The molecule has 0 fully saturated rings. The summed E-state index contributed by atoms with van der Waals surface area (Å²) in [5.74, 6) is -0.171. The first kappa shape index (κ1) is 13.7. The number of halogens is 2. The van der Waals surface area contributed by atoms with Crippen LogP contribution in [0, 0.1) is 0 Å². The molecule has 0 aliphatic heterocycles. The number of nitrogens with one attached hydrogen (secondary N) is 1. The van der Waals surface area contributed by atoms with E-state index >= 15 is 0 Å². The van der Waals surface area contributed by atoms with Gasteiger partial charge in [-0.15, -0.1) is 0 Å². The van der Waals surface area contributed by atoms with E-state index in [1.807, 2.05) is 0 Å². The van der Waals surface area contributed by atoms with Crippen molar-refractivity contribution in [1.29, 1.82) is 0 Å². The number of hydrogen-bond donors (Lipinski definition) is 2. The first-order valence-electron chi connectivity index (χ1n) is 5.58. The van der Waals surface area contributed by atoms with Crippen LogP contribution in [-0.4, -0.2) is 11.0 Å². The molecule has 1 amide bonds. The number of carbonyl (C=O) groups is 1. The monoisotopic (exact) mass is 295 g/mol. The van der Waals surface area contributed by atoms with Gasteiger partial charge in [-0.2, -0.15) is 0 Å². The molecule has 2 N–H and O–H groups in total. The van der Waals surface area contributed by atoms with Crippen LogP contribution in [0.2, 0.25) is 10.0 Å². The van der Waals surface area contributed by atoms with Crippen LogP contribution in [0.25, 0.3) is 0 Å². The van der Waals surface area contributed by atoms with E-state index in [4.69, 9.17) is 23.2 Å². The zero-order valence-electron chi connectivity index (χ0n) is 9.86. The molecule has 0 aliphatic carbocycles.